The predicted molar refractivity (Wildman–Crippen MR) is 99.5 cm³/mol. The molecular formula is C20H25N5O. The maximum atomic E-state index is 5.95. The Morgan fingerprint density at radius 1 is 1.15 bits per heavy atom. The van der Waals surface area contributed by atoms with E-state index in [4.69, 9.17) is 4.74 Å². The van der Waals surface area contributed by atoms with Gasteiger partial charge < -0.3 is 14.6 Å². The summed E-state index contributed by atoms with van der Waals surface area (Å²) in [5.41, 5.74) is 2.61. The van der Waals surface area contributed by atoms with E-state index in [1.54, 1.807) is 0 Å². The zero-order chi connectivity index (χ0) is 17.8. The van der Waals surface area contributed by atoms with Crippen molar-refractivity contribution in [2.24, 2.45) is 13.0 Å². The normalized spacial score (nSPS) is 19.9. The standard InChI is InChI=1S/C20H25N5O/c1-24-11-9-22-20(24)19-17(7-12-26-19)14-21-13-16-5-2-3-6-18(16)15-25-10-4-8-23-25/h2-6,8-11,17,19,21H,7,12-15H2,1H3/t17-,19+/m0/s1. The number of nitrogens with one attached hydrogen (secondary N) is 1. The predicted octanol–water partition coefficient (Wildman–Crippen LogP) is 2.53. The molecule has 1 fully saturated rings. The quantitative estimate of drug-likeness (QED) is 0.711. The number of ether oxygens (including phenoxy) is 1. The van der Waals surface area contributed by atoms with Gasteiger partial charge in [0.25, 0.3) is 0 Å². The summed E-state index contributed by atoms with van der Waals surface area (Å²) in [6.07, 6.45) is 8.79. The number of hydrogen-bond acceptors (Lipinski definition) is 4. The highest BCUT2D eigenvalue weighted by atomic mass is 16.5. The Balaban J connectivity index is 1.37. The summed E-state index contributed by atoms with van der Waals surface area (Å²) in [5.74, 6) is 1.47. The molecule has 0 unspecified atom stereocenters. The Bertz CT molecular complexity index is 826. The zero-order valence-corrected chi connectivity index (χ0v) is 15.1. The van der Waals surface area contributed by atoms with E-state index in [1.165, 1.54) is 11.1 Å². The summed E-state index contributed by atoms with van der Waals surface area (Å²) in [7, 11) is 2.03. The van der Waals surface area contributed by atoms with Gasteiger partial charge in [-0.2, -0.15) is 5.10 Å². The van der Waals surface area contributed by atoms with E-state index in [2.05, 4.69) is 44.2 Å². The van der Waals surface area contributed by atoms with Crippen molar-refractivity contribution in [3.8, 4) is 0 Å². The molecule has 1 aromatic carbocycles. The van der Waals surface area contributed by atoms with Gasteiger partial charge in [-0.05, 0) is 23.6 Å². The minimum atomic E-state index is 0.0850. The van der Waals surface area contributed by atoms with Crippen LogP contribution in [0.2, 0.25) is 0 Å². The van der Waals surface area contributed by atoms with Crippen LogP contribution in [0.1, 0.15) is 29.5 Å². The molecule has 136 valence electrons. The van der Waals surface area contributed by atoms with Crippen LogP contribution < -0.4 is 5.32 Å². The van der Waals surface area contributed by atoms with Gasteiger partial charge in [0.15, 0.2) is 0 Å². The molecule has 0 saturated carbocycles. The lowest BCUT2D eigenvalue weighted by Gasteiger charge is -2.19. The number of hydrogen-bond donors (Lipinski definition) is 1. The van der Waals surface area contributed by atoms with E-state index in [-0.39, 0.29) is 6.10 Å². The first-order valence-electron chi connectivity index (χ1n) is 9.15. The van der Waals surface area contributed by atoms with Crippen LogP contribution >= 0.6 is 0 Å². The van der Waals surface area contributed by atoms with Gasteiger partial charge in [-0.1, -0.05) is 24.3 Å². The van der Waals surface area contributed by atoms with E-state index < -0.39 is 0 Å². The lowest BCUT2D eigenvalue weighted by molar-refractivity contribution is 0.0811. The molecule has 3 aromatic rings. The minimum absolute atomic E-state index is 0.0850. The third-order valence-corrected chi connectivity index (χ3v) is 5.06. The van der Waals surface area contributed by atoms with Crippen LogP contribution in [-0.4, -0.2) is 32.5 Å². The smallest absolute Gasteiger partial charge is 0.137 e. The van der Waals surface area contributed by atoms with E-state index in [0.717, 1.165) is 38.5 Å². The number of aromatic nitrogens is 4. The first kappa shape index (κ1) is 17.0. The Morgan fingerprint density at radius 2 is 2.04 bits per heavy atom. The second-order valence-corrected chi connectivity index (χ2v) is 6.84. The number of aryl methyl sites for hydroxylation is 1. The monoisotopic (exact) mass is 351 g/mol. The average molecular weight is 351 g/mol. The molecule has 4 rings (SSSR count). The van der Waals surface area contributed by atoms with Crippen LogP contribution in [0, 0.1) is 5.92 Å². The number of nitrogens with zero attached hydrogens (tertiary/aromatic N) is 4. The van der Waals surface area contributed by atoms with Crippen molar-refractivity contribution < 1.29 is 4.74 Å². The average Bonchev–Trinajstić information content (AvgIpc) is 3.39. The maximum absolute atomic E-state index is 5.95. The molecule has 0 bridgehead atoms. The molecule has 3 heterocycles. The largest absolute Gasteiger partial charge is 0.370 e. The lowest BCUT2D eigenvalue weighted by atomic mass is 10.0. The lowest BCUT2D eigenvalue weighted by Crippen LogP contribution is -2.26. The van der Waals surface area contributed by atoms with E-state index >= 15 is 0 Å². The first-order valence-corrected chi connectivity index (χ1v) is 9.15. The Hall–Kier alpha value is -2.44. The summed E-state index contributed by atoms with van der Waals surface area (Å²) in [4.78, 5) is 4.47. The fourth-order valence-corrected chi connectivity index (χ4v) is 3.62. The SMILES string of the molecule is Cn1ccnc1[C@@H]1OCC[C@H]1CNCc1ccccc1Cn1cccn1. The summed E-state index contributed by atoms with van der Waals surface area (Å²) < 4.78 is 9.97. The molecule has 0 radical (unpaired) electrons. The second-order valence-electron chi connectivity index (χ2n) is 6.84. The highest BCUT2D eigenvalue weighted by Gasteiger charge is 2.31. The summed E-state index contributed by atoms with van der Waals surface area (Å²) in [5, 5.41) is 7.94. The van der Waals surface area contributed by atoms with Gasteiger partial charge >= 0.3 is 0 Å². The van der Waals surface area contributed by atoms with Crippen molar-refractivity contribution in [3.63, 3.8) is 0 Å². The third-order valence-electron chi connectivity index (χ3n) is 5.06. The molecule has 0 spiro atoms. The van der Waals surface area contributed by atoms with Crippen molar-refractivity contribution in [2.45, 2.75) is 25.6 Å². The molecule has 26 heavy (non-hydrogen) atoms. The van der Waals surface area contributed by atoms with Crippen LogP contribution in [0.25, 0.3) is 0 Å². The highest BCUT2D eigenvalue weighted by molar-refractivity contribution is 5.27. The number of benzene rings is 1. The topological polar surface area (TPSA) is 56.9 Å². The summed E-state index contributed by atoms with van der Waals surface area (Å²) in [6, 6.07) is 10.5. The van der Waals surface area contributed by atoms with Gasteiger partial charge in [0.2, 0.25) is 0 Å². The molecule has 2 atom stereocenters. The second kappa shape index (κ2) is 7.85. The van der Waals surface area contributed by atoms with Crippen molar-refractivity contribution in [3.05, 3.63) is 72.1 Å². The van der Waals surface area contributed by atoms with Crippen molar-refractivity contribution in [1.29, 1.82) is 0 Å². The van der Waals surface area contributed by atoms with Gasteiger partial charge in [0.1, 0.15) is 11.9 Å². The van der Waals surface area contributed by atoms with Crippen molar-refractivity contribution in [1.82, 2.24) is 24.6 Å². The van der Waals surface area contributed by atoms with Gasteiger partial charge in [-0.3, -0.25) is 4.68 Å². The van der Waals surface area contributed by atoms with E-state index in [9.17, 15) is 0 Å². The third kappa shape index (κ3) is 3.71. The molecule has 1 aliphatic rings. The molecule has 1 aliphatic heterocycles. The fourth-order valence-electron chi connectivity index (χ4n) is 3.62. The summed E-state index contributed by atoms with van der Waals surface area (Å²) in [6.45, 7) is 3.38. The Kier molecular flexibility index (Phi) is 5.13. The van der Waals surface area contributed by atoms with Gasteiger partial charge in [-0.25, -0.2) is 4.98 Å². The summed E-state index contributed by atoms with van der Waals surface area (Å²) >= 11 is 0. The molecule has 1 N–H and O–H groups in total. The van der Waals surface area contributed by atoms with Crippen LogP contribution in [0.15, 0.2) is 55.1 Å². The Labute approximate surface area is 153 Å². The van der Waals surface area contributed by atoms with Gasteiger partial charge in [0, 0.05) is 57.4 Å². The van der Waals surface area contributed by atoms with Crippen LogP contribution in [0.3, 0.4) is 0 Å². The number of imidazole rings is 1. The van der Waals surface area contributed by atoms with Crippen LogP contribution in [0.5, 0.6) is 0 Å². The molecular weight excluding hydrogens is 326 g/mol. The highest BCUT2D eigenvalue weighted by Crippen LogP contribution is 2.32. The van der Waals surface area contributed by atoms with Crippen molar-refractivity contribution in [2.75, 3.05) is 13.2 Å². The van der Waals surface area contributed by atoms with E-state index in [0.29, 0.717) is 5.92 Å². The molecule has 0 amide bonds. The van der Waals surface area contributed by atoms with Crippen LogP contribution in [0.4, 0.5) is 0 Å². The van der Waals surface area contributed by atoms with Gasteiger partial charge in [-0.15, -0.1) is 0 Å². The minimum Gasteiger partial charge on any atom is -0.370 e. The van der Waals surface area contributed by atoms with Gasteiger partial charge in [0.05, 0.1) is 6.54 Å². The van der Waals surface area contributed by atoms with Crippen molar-refractivity contribution >= 4 is 0 Å². The molecule has 0 aliphatic carbocycles. The molecule has 1 saturated heterocycles. The molecule has 2 aromatic heterocycles. The number of rotatable bonds is 7. The zero-order valence-electron chi connectivity index (χ0n) is 15.1. The maximum Gasteiger partial charge on any atom is 0.137 e. The first-order chi connectivity index (χ1) is 12.8. The Morgan fingerprint density at radius 3 is 2.81 bits per heavy atom. The molecule has 6 heteroatoms. The van der Waals surface area contributed by atoms with Crippen LogP contribution in [-0.2, 0) is 24.9 Å². The van der Waals surface area contributed by atoms with E-state index in [1.807, 2.05) is 42.6 Å². The fraction of sp³-hybridized carbons (Fsp3) is 0.400. The molecule has 6 nitrogen and oxygen atoms in total.